The molecular weight excluding hydrogens is 498 g/mol. The molecule has 5 atom stereocenters. The Bertz CT molecular complexity index is 1130. The van der Waals surface area contributed by atoms with Crippen molar-refractivity contribution >= 4 is 23.4 Å². The topological polar surface area (TPSA) is 99.6 Å². The number of hydrogen-bond acceptors (Lipinski definition) is 6. The molecule has 3 amide bonds. The van der Waals surface area contributed by atoms with Crippen LogP contribution in [-0.2, 0) is 19.1 Å². The number of carbonyl (C=O) groups is 3. The Hall–Kier alpha value is -3.17. The molecule has 4 aliphatic rings. The summed E-state index contributed by atoms with van der Waals surface area (Å²) < 4.78 is 12.2. The minimum atomic E-state index is -1.22. The van der Waals surface area contributed by atoms with E-state index in [4.69, 9.17) is 9.47 Å². The number of unbranched alkanes of at least 4 members (excludes halogenated alkanes) is 2. The quantitative estimate of drug-likeness (QED) is 0.364. The summed E-state index contributed by atoms with van der Waals surface area (Å²) in [5.74, 6) is -1.39. The van der Waals surface area contributed by atoms with Gasteiger partial charge < -0.3 is 29.3 Å². The molecule has 1 aromatic carbocycles. The fourth-order valence-electron chi connectivity index (χ4n) is 6.49. The molecule has 39 heavy (non-hydrogen) atoms. The highest BCUT2D eigenvalue weighted by atomic mass is 16.5. The largest absolute Gasteiger partial charge is 0.494 e. The third-order valence-corrected chi connectivity index (χ3v) is 8.29. The lowest BCUT2D eigenvalue weighted by Gasteiger charge is -2.35. The van der Waals surface area contributed by atoms with Crippen molar-refractivity contribution in [1.82, 2.24) is 9.80 Å². The molecule has 1 spiro atoms. The molecule has 4 aliphatic heterocycles. The molecule has 5 rings (SSSR count). The first-order valence-electron chi connectivity index (χ1n) is 14.2. The molecule has 9 nitrogen and oxygen atoms in total. The zero-order valence-corrected chi connectivity index (χ0v) is 22.8. The number of amides is 3. The number of benzene rings is 1. The van der Waals surface area contributed by atoms with Crippen LogP contribution in [0.1, 0.15) is 39.5 Å². The SMILES string of the molecule is CCCCN1CC=C[C@]23O[C@@H]4C=CCN(c5ccc(OCC)cc5)C(=O)[C@@H]4[C@H]2C(=O)N(CCCCO)C3C1=O. The number of fused-ring (bicyclic) bond motifs is 2. The van der Waals surface area contributed by atoms with Gasteiger partial charge in [-0.3, -0.25) is 14.4 Å². The average molecular weight is 538 g/mol. The molecule has 2 saturated heterocycles. The lowest BCUT2D eigenvalue weighted by Crippen LogP contribution is -2.55. The Morgan fingerprint density at radius 1 is 0.974 bits per heavy atom. The lowest BCUT2D eigenvalue weighted by molar-refractivity contribution is -0.147. The normalized spacial score (nSPS) is 29.8. The molecule has 9 heteroatoms. The molecule has 4 heterocycles. The van der Waals surface area contributed by atoms with E-state index in [2.05, 4.69) is 6.92 Å². The number of ether oxygens (including phenoxy) is 2. The minimum absolute atomic E-state index is 0.0132. The molecule has 0 saturated carbocycles. The summed E-state index contributed by atoms with van der Waals surface area (Å²) in [7, 11) is 0. The second kappa shape index (κ2) is 11.5. The van der Waals surface area contributed by atoms with Crippen LogP contribution in [-0.4, -0.2) is 89.8 Å². The average Bonchev–Trinajstić information content (AvgIpc) is 3.24. The van der Waals surface area contributed by atoms with E-state index in [0.29, 0.717) is 45.6 Å². The van der Waals surface area contributed by atoms with Crippen molar-refractivity contribution < 1.29 is 29.0 Å². The van der Waals surface area contributed by atoms with Crippen LogP contribution in [0.25, 0.3) is 0 Å². The number of nitrogens with zero attached hydrogens (tertiary/aromatic N) is 3. The van der Waals surface area contributed by atoms with Gasteiger partial charge in [0.15, 0.2) is 0 Å². The van der Waals surface area contributed by atoms with E-state index in [1.807, 2.05) is 55.5 Å². The van der Waals surface area contributed by atoms with Gasteiger partial charge in [0.25, 0.3) is 0 Å². The maximum atomic E-state index is 14.2. The van der Waals surface area contributed by atoms with Crippen molar-refractivity contribution in [3.8, 4) is 5.75 Å². The highest BCUT2D eigenvalue weighted by molar-refractivity contribution is 6.03. The minimum Gasteiger partial charge on any atom is -0.494 e. The lowest BCUT2D eigenvalue weighted by atomic mass is 9.77. The summed E-state index contributed by atoms with van der Waals surface area (Å²) in [5, 5.41) is 9.36. The fourth-order valence-corrected chi connectivity index (χ4v) is 6.49. The van der Waals surface area contributed by atoms with Gasteiger partial charge in [0, 0.05) is 38.5 Å². The van der Waals surface area contributed by atoms with Crippen molar-refractivity contribution in [3.05, 3.63) is 48.6 Å². The molecule has 0 bridgehead atoms. The summed E-state index contributed by atoms with van der Waals surface area (Å²) in [6.07, 6.45) is 9.89. The van der Waals surface area contributed by atoms with Gasteiger partial charge >= 0.3 is 0 Å². The maximum absolute atomic E-state index is 14.2. The van der Waals surface area contributed by atoms with E-state index >= 15 is 0 Å². The number of likely N-dealkylation sites (tertiary alicyclic amines) is 1. The number of aliphatic hydroxyl groups is 1. The van der Waals surface area contributed by atoms with Crippen LogP contribution in [0, 0.1) is 11.8 Å². The van der Waals surface area contributed by atoms with E-state index in [-0.39, 0.29) is 24.3 Å². The summed E-state index contributed by atoms with van der Waals surface area (Å²) in [4.78, 5) is 47.5. The van der Waals surface area contributed by atoms with Gasteiger partial charge in [-0.05, 0) is 50.5 Å². The first-order chi connectivity index (χ1) is 19.0. The van der Waals surface area contributed by atoms with Gasteiger partial charge in [-0.25, -0.2) is 0 Å². The second-order valence-electron chi connectivity index (χ2n) is 10.6. The molecule has 1 aromatic rings. The van der Waals surface area contributed by atoms with Crippen LogP contribution in [0.3, 0.4) is 0 Å². The van der Waals surface area contributed by atoms with Gasteiger partial charge in [0.2, 0.25) is 17.7 Å². The van der Waals surface area contributed by atoms with E-state index in [1.165, 1.54) is 0 Å². The van der Waals surface area contributed by atoms with Crippen molar-refractivity contribution in [2.24, 2.45) is 11.8 Å². The molecule has 0 aromatic heterocycles. The first kappa shape index (κ1) is 27.4. The molecule has 2 fully saturated rings. The van der Waals surface area contributed by atoms with Crippen LogP contribution in [0.15, 0.2) is 48.6 Å². The zero-order chi connectivity index (χ0) is 27.6. The van der Waals surface area contributed by atoms with Crippen LogP contribution >= 0.6 is 0 Å². The summed E-state index contributed by atoms with van der Waals surface area (Å²) >= 11 is 0. The third-order valence-electron chi connectivity index (χ3n) is 8.29. The number of aliphatic hydroxyl groups excluding tert-OH is 1. The molecule has 1 unspecified atom stereocenters. The van der Waals surface area contributed by atoms with E-state index < -0.39 is 29.6 Å². The van der Waals surface area contributed by atoms with Crippen molar-refractivity contribution in [1.29, 1.82) is 0 Å². The Morgan fingerprint density at radius 2 is 1.77 bits per heavy atom. The molecule has 1 N–H and O–H groups in total. The van der Waals surface area contributed by atoms with E-state index in [0.717, 1.165) is 24.3 Å². The highest BCUT2D eigenvalue weighted by Crippen LogP contribution is 2.53. The molecule has 0 aliphatic carbocycles. The van der Waals surface area contributed by atoms with Crippen LogP contribution in [0.4, 0.5) is 5.69 Å². The fraction of sp³-hybridized carbons (Fsp3) is 0.567. The predicted octanol–water partition coefficient (Wildman–Crippen LogP) is 2.54. The molecule has 0 radical (unpaired) electrons. The molecular formula is C30H39N3O6. The Labute approximate surface area is 230 Å². The van der Waals surface area contributed by atoms with E-state index in [1.54, 1.807) is 14.7 Å². The van der Waals surface area contributed by atoms with Gasteiger partial charge in [0.05, 0.1) is 24.5 Å². The summed E-state index contributed by atoms with van der Waals surface area (Å²) in [6, 6.07) is 6.54. The van der Waals surface area contributed by atoms with Crippen molar-refractivity contribution in [2.45, 2.75) is 57.3 Å². The maximum Gasteiger partial charge on any atom is 0.249 e. The van der Waals surface area contributed by atoms with Crippen molar-refractivity contribution in [3.63, 3.8) is 0 Å². The van der Waals surface area contributed by atoms with E-state index in [9.17, 15) is 19.5 Å². The zero-order valence-electron chi connectivity index (χ0n) is 22.8. The number of anilines is 1. The standard InChI is InChI=1S/C30H39N3O6/c1-3-5-16-31-17-9-15-30-25(28(36)33(18-6-7-20-34)26(30)29(31)37)24-23(39-30)10-8-19-32(27(24)35)21-11-13-22(14-12-21)38-4-2/h8-15,23-26,34H,3-7,16-20H2,1-2H3/t23-,24+,25+,26?,30+/m1/s1. The Balaban J connectivity index is 1.51. The number of carbonyl (C=O) groups excluding carboxylic acids is 3. The summed E-state index contributed by atoms with van der Waals surface area (Å²) in [6.45, 7) is 6.31. The number of rotatable bonds is 10. The van der Waals surface area contributed by atoms with Gasteiger partial charge in [-0.1, -0.05) is 37.6 Å². The molecule has 210 valence electrons. The predicted molar refractivity (Wildman–Crippen MR) is 146 cm³/mol. The van der Waals surface area contributed by atoms with Crippen molar-refractivity contribution in [2.75, 3.05) is 44.3 Å². The first-order valence-corrected chi connectivity index (χ1v) is 14.2. The number of hydrogen-bond donors (Lipinski definition) is 1. The van der Waals surface area contributed by atoms with Gasteiger partial charge in [-0.15, -0.1) is 0 Å². The highest BCUT2D eigenvalue weighted by Gasteiger charge is 2.71. The Morgan fingerprint density at radius 3 is 2.49 bits per heavy atom. The van der Waals surface area contributed by atoms with Gasteiger partial charge in [0.1, 0.15) is 17.4 Å². The van der Waals surface area contributed by atoms with Crippen LogP contribution < -0.4 is 9.64 Å². The smallest absolute Gasteiger partial charge is 0.249 e. The summed E-state index contributed by atoms with van der Waals surface area (Å²) in [5.41, 5.74) is -0.499. The van der Waals surface area contributed by atoms with Crippen LogP contribution in [0.5, 0.6) is 5.75 Å². The monoisotopic (exact) mass is 537 g/mol. The second-order valence-corrected chi connectivity index (χ2v) is 10.6. The third kappa shape index (κ3) is 4.76. The Kier molecular flexibility index (Phi) is 8.09. The van der Waals surface area contributed by atoms with Crippen LogP contribution in [0.2, 0.25) is 0 Å². The van der Waals surface area contributed by atoms with Gasteiger partial charge in [-0.2, -0.15) is 0 Å².